The molecule has 1 aliphatic heterocycles. The number of hydrogen-bond donors (Lipinski definition) is 2. The minimum absolute atomic E-state index is 0. The van der Waals surface area contributed by atoms with Crippen molar-refractivity contribution in [1.82, 2.24) is 25.5 Å². The van der Waals surface area contributed by atoms with Crippen molar-refractivity contribution in [2.75, 3.05) is 20.1 Å². The topological polar surface area (TPSA) is 65.4 Å². The van der Waals surface area contributed by atoms with E-state index >= 15 is 0 Å². The average Bonchev–Trinajstić information content (AvgIpc) is 3.06. The maximum atomic E-state index is 4.42. The van der Waals surface area contributed by atoms with Gasteiger partial charge < -0.3 is 10.6 Å². The van der Waals surface area contributed by atoms with Crippen LogP contribution in [0.4, 0.5) is 0 Å². The molecule has 0 unspecified atom stereocenters. The minimum Gasteiger partial charge on any atom is -0.354 e. The van der Waals surface area contributed by atoms with E-state index < -0.39 is 0 Å². The van der Waals surface area contributed by atoms with E-state index in [0.29, 0.717) is 6.04 Å². The lowest BCUT2D eigenvalue weighted by Gasteiger charge is -2.32. The van der Waals surface area contributed by atoms with Gasteiger partial charge in [0.1, 0.15) is 5.01 Å². The van der Waals surface area contributed by atoms with Gasteiger partial charge in [-0.1, -0.05) is 6.07 Å². The molecule has 1 saturated heterocycles. The highest BCUT2D eigenvalue weighted by molar-refractivity contribution is 14.0. The second kappa shape index (κ2) is 10.8. The van der Waals surface area contributed by atoms with Gasteiger partial charge in [0.2, 0.25) is 0 Å². The van der Waals surface area contributed by atoms with Crippen LogP contribution in [0.2, 0.25) is 0 Å². The fourth-order valence-electron chi connectivity index (χ4n) is 2.99. The molecule has 2 aromatic heterocycles. The number of guanidine groups is 1. The molecule has 1 fully saturated rings. The number of thiazole rings is 1. The molecule has 8 heteroatoms. The van der Waals surface area contributed by atoms with Crippen LogP contribution in [0.1, 0.15) is 28.4 Å². The van der Waals surface area contributed by atoms with Gasteiger partial charge in [0.05, 0.1) is 12.2 Å². The number of nitrogens with one attached hydrogen (secondary N) is 2. The lowest BCUT2D eigenvalue weighted by molar-refractivity contribution is 0.196. The van der Waals surface area contributed by atoms with Gasteiger partial charge in [-0.15, -0.1) is 35.3 Å². The monoisotopic (exact) mass is 486 g/mol. The number of rotatable bonds is 5. The van der Waals surface area contributed by atoms with Crippen LogP contribution in [0.25, 0.3) is 0 Å². The third-order valence-electron chi connectivity index (χ3n) is 4.34. The Morgan fingerprint density at radius 2 is 2.12 bits per heavy atom. The van der Waals surface area contributed by atoms with Crippen LogP contribution in [-0.2, 0) is 13.1 Å². The van der Waals surface area contributed by atoms with Crippen molar-refractivity contribution in [1.29, 1.82) is 0 Å². The van der Waals surface area contributed by atoms with Gasteiger partial charge >= 0.3 is 0 Å². The van der Waals surface area contributed by atoms with Crippen molar-refractivity contribution >= 4 is 41.3 Å². The number of aliphatic imine (C=N–C) groups is 1. The first-order valence-electron chi connectivity index (χ1n) is 8.73. The van der Waals surface area contributed by atoms with Crippen molar-refractivity contribution in [3.63, 3.8) is 0 Å². The summed E-state index contributed by atoms with van der Waals surface area (Å²) in [5.74, 6) is 0.857. The molecule has 2 N–H and O–H groups in total. The minimum atomic E-state index is 0. The predicted molar refractivity (Wildman–Crippen MR) is 118 cm³/mol. The summed E-state index contributed by atoms with van der Waals surface area (Å²) in [6, 6.07) is 6.57. The molecule has 0 saturated carbocycles. The standard InChI is InChI=1S/C18H26N6S.HI/c1-14-11-21-17(25-14)12-22-18(19-2)23-15-6-9-24(10-7-15)13-16-5-3-4-8-20-16;/h3-5,8,11,15H,6-7,9-10,12-13H2,1-2H3,(H2,19,22,23);1H. The van der Waals surface area contributed by atoms with Crippen LogP contribution in [0.5, 0.6) is 0 Å². The van der Waals surface area contributed by atoms with Crippen LogP contribution in [0.15, 0.2) is 35.6 Å². The Morgan fingerprint density at radius 1 is 1.31 bits per heavy atom. The third-order valence-corrected chi connectivity index (χ3v) is 5.25. The van der Waals surface area contributed by atoms with E-state index in [9.17, 15) is 0 Å². The van der Waals surface area contributed by atoms with Crippen molar-refractivity contribution in [3.05, 3.63) is 46.2 Å². The number of likely N-dealkylation sites (tertiary alicyclic amines) is 1. The molecule has 1 aliphatic rings. The molecular weight excluding hydrogens is 459 g/mol. The maximum absolute atomic E-state index is 4.42. The number of aromatic nitrogens is 2. The number of piperidine rings is 1. The molecule has 3 rings (SSSR count). The first-order valence-corrected chi connectivity index (χ1v) is 9.55. The van der Waals surface area contributed by atoms with E-state index in [2.05, 4.69) is 49.6 Å². The molecule has 3 heterocycles. The Labute approximate surface area is 176 Å². The Kier molecular flexibility index (Phi) is 8.73. The van der Waals surface area contributed by atoms with E-state index in [-0.39, 0.29) is 24.0 Å². The zero-order valence-electron chi connectivity index (χ0n) is 15.3. The molecule has 0 atom stereocenters. The summed E-state index contributed by atoms with van der Waals surface area (Å²) < 4.78 is 0. The highest BCUT2D eigenvalue weighted by atomic mass is 127. The zero-order valence-corrected chi connectivity index (χ0v) is 18.5. The van der Waals surface area contributed by atoms with E-state index in [0.717, 1.165) is 55.7 Å². The van der Waals surface area contributed by atoms with Gasteiger partial charge in [-0.25, -0.2) is 4.98 Å². The second-order valence-corrected chi connectivity index (χ2v) is 7.63. The number of nitrogens with zero attached hydrogens (tertiary/aromatic N) is 4. The molecule has 0 amide bonds. The summed E-state index contributed by atoms with van der Waals surface area (Å²) in [4.78, 5) is 16.8. The molecule has 0 aromatic carbocycles. The molecule has 6 nitrogen and oxygen atoms in total. The summed E-state index contributed by atoms with van der Waals surface area (Å²) in [6.07, 6.45) is 6.01. The van der Waals surface area contributed by atoms with Crippen molar-refractivity contribution < 1.29 is 0 Å². The first kappa shape index (κ1) is 21.0. The average molecular weight is 486 g/mol. The van der Waals surface area contributed by atoms with Crippen LogP contribution < -0.4 is 10.6 Å². The number of hydrogen-bond acceptors (Lipinski definition) is 5. The maximum Gasteiger partial charge on any atom is 0.191 e. The van der Waals surface area contributed by atoms with Crippen LogP contribution in [-0.4, -0.2) is 47.0 Å². The second-order valence-electron chi connectivity index (χ2n) is 6.31. The Bertz CT molecular complexity index is 682. The highest BCUT2D eigenvalue weighted by Gasteiger charge is 2.20. The molecule has 0 bridgehead atoms. The van der Waals surface area contributed by atoms with Crippen LogP contribution in [0, 0.1) is 6.92 Å². The van der Waals surface area contributed by atoms with Gasteiger partial charge in [-0.3, -0.25) is 14.9 Å². The fraction of sp³-hybridized carbons (Fsp3) is 0.500. The van der Waals surface area contributed by atoms with Gasteiger partial charge in [-0.05, 0) is 31.9 Å². The summed E-state index contributed by atoms with van der Waals surface area (Å²) in [7, 11) is 1.82. The van der Waals surface area contributed by atoms with Crippen LogP contribution >= 0.6 is 35.3 Å². The summed E-state index contributed by atoms with van der Waals surface area (Å²) in [5, 5.41) is 7.99. The van der Waals surface area contributed by atoms with Crippen molar-refractivity contribution in [2.45, 2.75) is 38.9 Å². The molecule has 0 radical (unpaired) electrons. The largest absolute Gasteiger partial charge is 0.354 e. The van der Waals surface area contributed by atoms with Gasteiger partial charge in [-0.2, -0.15) is 0 Å². The third kappa shape index (κ3) is 6.48. The van der Waals surface area contributed by atoms with Gasteiger partial charge in [0.25, 0.3) is 0 Å². The number of pyridine rings is 1. The Balaban J connectivity index is 0.00000243. The molecule has 142 valence electrons. The van der Waals surface area contributed by atoms with Crippen molar-refractivity contribution in [2.24, 2.45) is 4.99 Å². The van der Waals surface area contributed by atoms with E-state index in [1.54, 1.807) is 11.3 Å². The summed E-state index contributed by atoms with van der Waals surface area (Å²) >= 11 is 1.72. The summed E-state index contributed by atoms with van der Waals surface area (Å²) in [6.45, 7) is 5.89. The van der Waals surface area contributed by atoms with E-state index in [4.69, 9.17) is 0 Å². The van der Waals surface area contributed by atoms with Gasteiger partial charge in [0, 0.05) is 50.0 Å². The lowest BCUT2D eigenvalue weighted by Crippen LogP contribution is -2.48. The Hall–Kier alpha value is -1.26. The molecular formula is C18H27IN6S. The number of aryl methyl sites for hydroxylation is 1. The smallest absolute Gasteiger partial charge is 0.191 e. The molecule has 0 spiro atoms. The Morgan fingerprint density at radius 3 is 2.73 bits per heavy atom. The fourth-order valence-corrected chi connectivity index (χ4v) is 3.71. The molecule has 2 aromatic rings. The van der Waals surface area contributed by atoms with E-state index in [1.165, 1.54) is 4.88 Å². The lowest BCUT2D eigenvalue weighted by atomic mass is 10.1. The molecule has 26 heavy (non-hydrogen) atoms. The van der Waals surface area contributed by atoms with Gasteiger partial charge in [0.15, 0.2) is 5.96 Å². The van der Waals surface area contributed by atoms with Crippen LogP contribution in [0.3, 0.4) is 0 Å². The predicted octanol–water partition coefficient (Wildman–Crippen LogP) is 2.79. The number of halogens is 1. The zero-order chi connectivity index (χ0) is 17.5. The molecule has 0 aliphatic carbocycles. The normalized spacial score (nSPS) is 16.2. The van der Waals surface area contributed by atoms with E-state index in [1.807, 2.05) is 25.5 Å². The SMILES string of the molecule is CN=C(NCc1ncc(C)s1)NC1CCN(Cc2ccccn2)CC1.I. The quantitative estimate of drug-likeness (QED) is 0.387. The highest BCUT2D eigenvalue weighted by Crippen LogP contribution is 2.13. The summed E-state index contributed by atoms with van der Waals surface area (Å²) in [5.41, 5.74) is 1.14. The van der Waals surface area contributed by atoms with Crippen molar-refractivity contribution in [3.8, 4) is 0 Å². The first-order chi connectivity index (χ1) is 12.2.